The molecular formula is C31H31NO. The molecular weight excluding hydrogens is 402 g/mol. The number of hydrogen-bond acceptors (Lipinski definition) is 2. The zero-order chi connectivity index (χ0) is 23.2. The minimum atomic E-state index is -0.181. The predicted octanol–water partition coefficient (Wildman–Crippen LogP) is 8.56. The van der Waals surface area contributed by atoms with Crippen molar-refractivity contribution in [3.05, 3.63) is 102 Å². The number of para-hydroxylation sites is 2. The molecule has 0 saturated heterocycles. The number of benzene rings is 3. The second kappa shape index (κ2) is 7.88. The van der Waals surface area contributed by atoms with E-state index >= 15 is 0 Å². The van der Waals surface area contributed by atoms with Crippen molar-refractivity contribution in [1.29, 1.82) is 0 Å². The van der Waals surface area contributed by atoms with Crippen molar-refractivity contribution in [1.82, 2.24) is 4.98 Å². The van der Waals surface area contributed by atoms with Crippen LogP contribution in [0.25, 0.3) is 33.2 Å². The summed E-state index contributed by atoms with van der Waals surface area (Å²) in [6.07, 6.45) is 2.93. The molecule has 5 rings (SSSR count). The highest BCUT2D eigenvalue weighted by Crippen LogP contribution is 2.41. The van der Waals surface area contributed by atoms with Gasteiger partial charge in [0.2, 0.25) is 0 Å². The fraction of sp³-hybridized carbons (Fsp3) is 0.258. The number of fused-ring (bicyclic) bond motifs is 3. The second-order valence-corrected chi connectivity index (χ2v) is 10.7. The molecule has 0 atom stereocenters. The molecule has 0 radical (unpaired) electrons. The zero-order valence-corrected chi connectivity index (χ0v) is 20.1. The fourth-order valence-electron chi connectivity index (χ4n) is 4.87. The molecule has 0 bridgehead atoms. The van der Waals surface area contributed by atoms with Gasteiger partial charge in [0, 0.05) is 33.5 Å². The topological polar surface area (TPSA) is 26.0 Å². The van der Waals surface area contributed by atoms with Crippen molar-refractivity contribution in [3.63, 3.8) is 0 Å². The first-order valence-electron chi connectivity index (χ1n) is 11.7. The molecule has 3 aromatic carbocycles. The second-order valence-electron chi connectivity index (χ2n) is 10.7. The van der Waals surface area contributed by atoms with Crippen LogP contribution in [0.3, 0.4) is 0 Å². The molecule has 0 fully saturated rings. The molecule has 0 unspecified atom stereocenters. The van der Waals surface area contributed by atoms with E-state index in [0.29, 0.717) is 0 Å². The summed E-state index contributed by atoms with van der Waals surface area (Å²) in [7, 11) is 0. The Morgan fingerprint density at radius 1 is 0.727 bits per heavy atom. The van der Waals surface area contributed by atoms with E-state index in [1.54, 1.807) is 0 Å². The quantitative estimate of drug-likeness (QED) is 0.284. The lowest BCUT2D eigenvalue weighted by atomic mass is 9.77. The largest absolute Gasteiger partial charge is 0.455 e. The van der Waals surface area contributed by atoms with E-state index in [9.17, 15) is 0 Å². The molecule has 33 heavy (non-hydrogen) atoms. The van der Waals surface area contributed by atoms with Crippen molar-refractivity contribution in [2.75, 3.05) is 0 Å². The van der Waals surface area contributed by atoms with E-state index < -0.39 is 0 Å². The van der Waals surface area contributed by atoms with Crippen LogP contribution in [0.5, 0.6) is 0 Å². The van der Waals surface area contributed by atoms with E-state index in [-0.39, 0.29) is 10.8 Å². The molecule has 0 aliphatic rings. The molecule has 166 valence electrons. The van der Waals surface area contributed by atoms with E-state index in [0.717, 1.165) is 39.6 Å². The Morgan fingerprint density at radius 3 is 2.15 bits per heavy atom. The Balaban J connectivity index is 1.70. The third-order valence-corrected chi connectivity index (χ3v) is 6.53. The van der Waals surface area contributed by atoms with Crippen LogP contribution in [0.15, 0.2) is 89.5 Å². The standard InChI is InChI=1S/C31H31NO/c1-30(2,3)20-21-17-18-32-27(19-21)25-15-9-13-23-24-14-10-16-26(29(24)33-28(23)25)31(4,5)22-11-7-6-8-12-22/h6-19H,20H2,1-5H3. The van der Waals surface area contributed by atoms with Crippen LogP contribution in [-0.2, 0) is 11.8 Å². The predicted molar refractivity (Wildman–Crippen MR) is 139 cm³/mol. The Bertz CT molecular complexity index is 1430. The Kier molecular flexibility index (Phi) is 5.12. The highest BCUT2D eigenvalue weighted by atomic mass is 16.3. The first-order chi connectivity index (χ1) is 15.7. The minimum Gasteiger partial charge on any atom is -0.455 e. The number of rotatable bonds is 4. The van der Waals surface area contributed by atoms with Crippen LogP contribution in [0.4, 0.5) is 0 Å². The first-order valence-corrected chi connectivity index (χ1v) is 11.7. The van der Waals surface area contributed by atoms with E-state index in [1.165, 1.54) is 16.7 Å². The van der Waals surface area contributed by atoms with Crippen LogP contribution in [0.1, 0.15) is 51.3 Å². The van der Waals surface area contributed by atoms with Crippen LogP contribution in [-0.4, -0.2) is 4.98 Å². The summed E-state index contributed by atoms with van der Waals surface area (Å²) in [4.78, 5) is 4.72. The molecule has 2 aromatic heterocycles. The van der Waals surface area contributed by atoms with Gasteiger partial charge in [-0.2, -0.15) is 0 Å². The number of aromatic nitrogens is 1. The minimum absolute atomic E-state index is 0.181. The van der Waals surface area contributed by atoms with Gasteiger partial charge in [0.1, 0.15) is 11.2 Å². The van der Waals surface area contributed by atoms with E-state index in [2.05, 4.69) is 113 Å². The lowest BCUT2D eigenvalue weighted by Gasteiger charge is -2.26. The van der Waals surface area contributed by atoms with Crippen LogP contribution in [0.2, 0.25) is 0 Å². The van der Waals surface area contributed by atoms with Crippen LogP contribution < -0.4 is 0 Å². The van der Waals surface area contributed by atoms with Gasteiger partial charge in [-0.05, 0) is 41.2 Å². The van der Waals surface area contributed by atoms with E-state index in [1.807, 2.05) is 6.20 Å². The molecule has 0 saturated carbocycles. The average Bonchev–Trinajstić information content (AvgIpc) is 3.17. The number of pyridine rings is 1. The lowest BCUT2D eigenvalue weighted by molar-refractivity contribution is 0.411. The Hall–Kier alpha value is -3.39. The molecule has 0 aliphatic carbocycles. The van der Waals surface area contributed by atoms with Crippen molar-refractivity contribution >= 4 is 21.9 Å². The van der Waals surface area contributed by atoms with Gasteiger partial charge in [0.25, 0.3) is 0 Å². The molecule has 0 amide bonds. The van der Waals surface area contributed by atoms with Crippen LogP contribution >= 0.6 is 0 Å². The summed E-state index contributed by atoms with van der Waals surface area (Å²) < 4.78 is 6.68. The maximum Gasteiger partial charge on any atom is 0.144 e. The summed E-state index contributed by atoms with van der Waals surface area (Å²) in [5.41, 5.74) is 7.68. The van der Waals surface area contributed by atoms with Gasteiger partial charge in [-0.15, -0.1) is 0 Å². The molecule has 0 N–H and O–H groups in total. The third-order valence-electron chi connectivity index (χ3n) is 6.53. The molecule has 2 nitrogen and oxygen atoms in total. The van der Waals surface area contributed by atoms with Gasteiger partial charge in [0.15, 0.2) is 0 Å². The van der Waals surface area contributed by atoms with E-state index in [4.69, 9.17) is 9.40 Å². The van der Waals surface area contributed by atoms with Gasteiger partial charge in [-0.1, -0.05) is 95.3 Å². The third kappa shape index (κ3) is 3.95. The van der Waals surface area contributed by atoms with Crippen LogP contribution in [0, 0.1) is 5.41 Å². The summed E-state index contributed by atoms with van der Waals surface area (Å²) >= 11 is 0. The normalized spacial score (nSPS) is 12.5. The molecule has 0 spiro atoms. The van der Waals surface area contributed by atoms with Gasteiger partial charge in [-0.3, -0.25) is 4.98 Å². The number of furan rings is 1. The van der Waals surface area contributed by atoms with Gasteiger partial charge >= 0.3 is 0 Å². The molecule has 2 heteroatoms. The number of nitrogens with zero attached hydrogens (tertiary/aromatic N) is 1. The zero-order valence-electron chi connectivity index (χ0n) is 20.1. The van der Waals surface area contributed by atoms with Crippen molar-refractivity contribution in [3.8, 4) is 11.3 Å². The number of hydrogen-bond donors (Lipinski definition) is 0. The van der Waals surface area contributed by atoms with Crippen molar-refractivity contribution in [2.45, 2.75) is 46.5 Å². The van der Waals surface area contributed by atoms with Gasteiger partial charge in [0.05, 0.1) is 5.69 Å². The maximum absolute atomic E-state index is 6.68. The Morgan fingerprint density at radius 2 is 1.42 bits per heavy atom. The highest BCUT2D eigenvalue weighted by molar-refractivity contribution is 6.10. The molecule has 0 aliphatic heterocycles. The van der Waals surface area contributed by atoms with Crippen molar-refractivity contribution < 1.29 is 4.42 Å². The maximum atomic E-state index is 6.68. The smallest absolute Gasteiger partial charge is 0.144 e. The van der Waals surface area contributed by atoms with Crippen molar-refractivity contribution in [2.24, 2.45) is 5.41 Å². The SMILES string of the molecule is CC(C)(C)Cc1ccnc(-c2cccc3c2oc2c(C(C)(C)c4ccccc4)cccc23)c1. The van der Waals surface area contributed by atoms with Gasteiger partial charge < -0.3 is 4.42 Å². The summed E-state index contributed by atoms with van der Waals surface area (Å²) in [5.74, 6) is 0. The monoisotopic (exact) mass is 433 g/mol. The molecule has 5 aromatic rings. The van der Waals surface area contributed by atoms with Gasteiger partial charge in [-0.25, -0.2) is 0 Å². The lowest BCUT2D eigenvalue weighted by Crippen LogP contribution is -2.18. The summed E-state index contributed by atoms with van der Waals surface area (Å²) in [5, 5.41) is 2.29. The Labute approximate surface area is 196 Å². The summed E-state index contributed by atoms with van der Waals surface area (Å²) in [6, 6.07) is 27.9. The average molecular weight is 434 g/mol. The summed E-state index contributed by atoms with van der Waals surface area (Å²) in [6.45, 7) is 11.3. The first kappa shape index (κ1) is 21.5. The fourth-order valence-corrected chi connectivity index (χ4v) is 4.87. The molecule has 2 heterocycles. The highest BCUT2D eigenvalue weighted by Gasteiger charge is 2.27.